The van der Waals surface area contributed by atoms with E-state index in [1.165, 1.54) is 24.5 Å². The predicted octanol–water partition coefficient (Wildman–Crippen LogP) is 2.76. The van der Waals surface area contributed by atoms with E-state index >= 15 is 0 Å². The Bertz CT molecular complexity index is 595. The van der Waals surface area contributed by atoms with Crippen LogP contribution in [0.4, 0.5) is 5.13 Å². The number of Topliss-reactive ketones (excluding diaryl/α,β-unsaturated/α-hetero) is 1. The molecule has 2 heterocycles. The minimum atomic E-state index is -0.306. The van der Waals surface area contributed by atoms with E-state index in [1.807, 2.05) is 0 Å². The van der Waals surface area contributed by atoms with Gasteiger partial charge in [0.05, 0.1) is 5.56 Å². The molecule has 0 bridgehead atoms. The van der Waals surface area contributed by atoms with Gasteiger partial charge in [0.15, 0.2) is 10.9 Å². The number of nitrogens with one attached hydrogen (secondary N) is 1. The molecule has 0 atom stereocenters. The number of thiazole rings is 1. The highest BCUT2D eigenvalue weighted by Crippen LogP contribution is 2.17. The zero-order valence-corrected chi connectivity index (χ0v) is 11.7. The summed E-state index contributed by atoms with van der Waals surface area (Å²) in [5, 5.41) is 4.62. The average Bonchev–Trinajstić information content (AvgIpc) is 2.78. The SMILES string of the molecule is CC(=O)c1csc(NC(=O)c2ccc(Br)nc2)n1. The Morgan fingerprint density at radius 2 is 2.17 bits per heavy atom. The van der Waals surface area contributed by atoms with Crippen molar-refractivity contribution in [2.75, 3.05) is 5.32 Å². The van der Waals surface area contributed by atoms with E-state index < -0.39 is 0 Å². The number of aromatic nitrogens is 2. The molecule has 0 saturated carbocycles. The molecule has 0 aliphatic carbocycles. The van der Waals surface area contributed by atoms with Gasteiger partial charge in [0, 0.05) is 18.5 Å². The van der Waals surface area contributed by atoms with Crippen molar-refractivity contribution >= 4 is 44.1 Å². The maximum atomic E-state index is 11.8. The van der Waals surface area contributed by atoms with Gasteiger partial charge in [-0.15, -0.1) is 11.3 Å². The van der Waals surface area contributed by atoms with Gasteiger partial charge in [-0.25, -0.2) is 9.97 Å². The Morgan fingerprint density at radius 3 is 2.72 bits per heavy atom. The molecule has 18 heavy (non-hydrogen) atoms. The number of pyridine rings is 1. The maximum absolute atomic E-state index is 11.8. The Morgan fingerprint density at radius 1 is 1.39 bits per heavy atom. The number of amides is 1. The Kier molecular flexibility index (Phi) is 3.83. The van der Waals surface area contributed by atoms with Crippen LogP contribution in [0.1, 0.15) is 27.8 Å². The van der Waals surface area contributed by atoms with Gasteiger partial charge in [-0.1, -0.05) is 0 Å². The van der Waals surface area contributed by atoms with Crippen molar-refractivity contribution in [1.29, 1.82) is 0 Å². The normalized spacial score (nSPS) is 10.1. The largest absolute Gasteiger partial charge is 0.298 e. The van der Waals surface area contributed by atoms with Crippen molar-refractivity contribution < 1.29 is 9.59 Å². The van der Waals surface area contributed by atoms with Crippen LogP contribution in [0.15, 0.2) is 28.3 Å². The summed E-state index contributed by atoms with van der Waals surface area (Å²) in [4.78, 5) is 30.8. The third kappa shape index (κ3) is 2.99. The minimum Gasteiger partial charge on any atom is -0.298 e. The lowest BCUT2D eigenvalue weighted by molar-refractivity contribution is 0.100. The van der Waals surface area contributed by atoms with E-state index in [0.29, 0.717) is 21.0 Å². The summed E-state index contributed by atoms with van der Waals surface area (Å²) in [6, 6.07) is 3.32. The van der Waals surface area contributed by atoms with Crippen LogP contribution >= 0.6 is 27.3 Å². The van der Waals surface area contributed by atoms with E-state index in [0.717, 1.165) is 0 Å². The van der Waals surface area contributed by atoms with Crippen LogP contribution in [0.5, 0.6) is 0 Å². The first-order valence-electron chi connectivity index (χ1n) is 4.95. The molecule has 5 nitrogen and oxygen atoms in total. The van der Waals surface area contributed by atoms with Gasteiger partial charge in [-0.05, 0) is 28.1 Å². The van der Waals surface area contributed by atoms with Crippen molar-refractivity contribution in [3.8, 4) is 0 Å². The van der Waals surface area contributed by atoms with Crippen LogP contribution in [0.2, 0.25) is 0 Å². The predicted molar refractivity (Wildman–Crippen MR) is 72.0 cm³/mol. The van der Waals surface area contributed by atoms with Crippen LogP contribution in [-0.2, 0) is 0 Å². The van der Waals surface area contributed by atoms with Gasteiger partial charge >= 0.3 is 0 Å². The van der Waals surface area contributed by atoms with Crippen molar-refractivity contribution in [3.05, 3.63) is 39.6 Å². The molecule has 92 valence electrons. The van der Waals surface area contributed by atoms with Crippen molar-refractivity contribution in [1.82, 2.24) is 9.97 Å². The zero-order valence-electron chi connectivity index (χ0n) is 9.31. The first-order valence-corrected chi connectivity index (χ1v) is 6.63. The number of carbonyl (C=O) groups is 2. The highest BCUT2D eigenvalue weighted by atomic mass is 79.9. The van der Waals surface area contributed by atoms with Gasteiger partial charge < -0.3 is 0 Å². The third-order valence-electron chi connectivity index (χ3n) is 2.07. The highest BCUT2D eigenvalue weighted by molar-refractivity contribution is 9.10. The summed E-state index contributed by atoms with van der Waals surface area (Å²) in [6.07, 6.45) is 1.46. The molecule has 1 amide bonds. The van der Waals surface area contributed by atoms with Crippen LogP contribution in [0.25, 0.3) is 0 Å². The molecule has 0 unspecified atom stereocenters. The molecule has 1 N–H and O–H groups in total. The number of hydrogen-bond donors (Lipinski definition) is 1. The number of rotatable bonds is 3. The molecule has 0 aliphatic rings. The first kappa shape index (κ1) is 12.8. The van der Waals surface area contributed by atoms with E-state index in [2.05, 4.69) is 31.2 Å². The molecular formula is C11H8BrN3O2S. The number of anilines is 1. The van der Waals surface area contributed by atoms with Crippen LogP contribution in [-0.4, -0.2) is 21.7 Å². The molecule has 2 aromatic rings. The quantitative estimate of drug-likeness (QED) is 0.695. The Balaban J connectivity index is 2.11. The molecule has 0 fully saturated rings. The second kappa shape index (κ2) is 5.36. The number of ketones is 1. The fraction of sp³-hybridized carbons (Fsp3) is 0.0909. The number of nitrogens with zero attached hydrogens (tertiary/aromatic N) is 2. The van der Waals surface area contributed by atoms with E-state index in [1.54, 1.807) is 17.5 Å². The maximum Gasteiger partial charge on any atom is 0.259 e. The minimum absolute atomic E-state index is 0.128. The first-order chi connectivity index (χ1) is 8.56. The van der Waals surface area contributed by atoms with Gasteiger partial charge in [-0.3, -0.25) is 14.9 Å². The topological polar surface area (TPSA) is 72.0 Å². The van der Waals surface area contributed by atoms with E-state index in [4.69, 9.17) is 0 Å². The van der Waals surface area contributed by atoms with Gasteiger partial charge in [0.2, 0.25) is 0 Å². The summed E-state index contributed by atoms with van der Waals surface area (Å²) in [7, 11) is 0. The molecule has 0 aromatic carbocycles. The second-order valence-electron chi connectivity index (χ2n) is 3.42. The standard InChI is InChI=1S/C11H8BrN3O2S/c1-6(16)8-5-18-11(14-8)15-10(17)7-2-3-9(12)13-4-7/h2-5H,1H3,(H,14,15,17). The lowest BCUT2D eigenvalue weighted by Gasteiger charge is -2.00. The number of carbonyl (C=O) groups excluding carboxylic acids is 2. The fourth-order valence-corrected chi connectivity index (χ4v) is 2.15. The second-order valence-corrected chi connectivity index (χ2v) is 5.09. The highest BCUT2D eigenvalue weighted by Gasteiger charge is 2.10. The molecule has 0 spiro atoms. The summed E-state index contributed by atoms with van der Waals surface area (Å²) in [5.74, 6) is -0.434. The third-order valence-corrected chi connectivity index (χ3v) is 3.30. The van der Waals surface area contributed by atoms with Gasteiger partial charge in [-0.2, -0.15) is 0 Å². The average molecular weight is 326 g/mol. The number of halogens is 1. The molecule has 0 saturated heterocycles. The summed E-state index contributed by atoms with van der Waals surface area (Å²) in [6.45, 7) is 1.43. The van der Waals surface area contributed by atoms with Crippen molar-refractivity contribution in [2.45, 2.75) is 6.92 Å². The van der Waals surface area contributed by atoms with Crippen LogP contribution in [0.3, 0.4) is 0 Å². The van der Waals surface area contributed by atoms with Crippen molar-refractivity contribution in [2.24, 2.45) is 0 Å². The fourth-order valence-electron chi connectivity index (χ4n) is 1.17. The monoisotopic (exact) mass is 325 g/mol. The smallest absolute Gasteiger partial charge is 0.259 e. The zero-order chi connectivity index (χ0) is 13.1. The molecule has 0 radical (unpaired) electrons. The van der Waals surface area contributed by atoms with Crippen molar-refractivity contribution in [3.63, 3.8) is 0 Å². The van der Waals surface area contributed by atoms with Crippen LogP contribution in [0, 0.1) is 0 Å². The molecular weight excluding hydrogens is 318 g/mol. The molecule has 2 aromatic heterocycles. The summed E-state index contributed by atoms with van der Waals surface area (Å²) < 4.78 is 0.659. The van der Waals surface area contributed by atoms with Gasteiger partial charge in [0.25, 0.3) is 5.91 Å². The lowest BCUT2D eigenvalue weighted by Crippen LogP contribution is -2.12. The van der Waals surface area contributed by atoms with E-state index in [9.17, 15) is 9.59 Å². The van der Waals surface area contributed by atoms with Crippen LogP contribution < -0.4 is 5.32 Å². The van der Waals surface area contributed by atoms with E-state index in [-0.39, 0.29) is 11.7 Å². The summed E-state index contributed by atoms with van der Waals surface area (Å²) >= 11 is 4.40. The number of hydrogen-bond acceptors (Lipinski definition) is 5. The molecule has 0 aliphatic heterocycles. The molecule has 2 rings (SSSR count). The Labute approximate surface area is 115 Å². The lowest BCUT2D eigenvalue weighted by atomic mass is 10.3. The Hall–Kier alpha value is -1.60. The summed E-state index contributed by atoms with van der Waals surface area (Å²) in [5.41, 5.74) is 0.780. The van der Waals surface area contributed by atoms with Gasteiger partial charge in [0.1, 0.15) is 10.3 Å². The molecule has 7 heteroatoms.